The quantitative estimate of drug-likeness (QED) is 0.666. The van der Waals surface area contributed by atoms with Crippen LogP contribution >= 0.6 is 15.9 Å². The topological polar surface area (TPSA) is 44.5 Å². The van der Waals surface area contributed by atoms with E-state index in [0.29, 0.717) is 31.1 Å². The molecule has 0 spiro atoms. The monoisotopic (exact) mass is 283 g/mol. The molecule has 0 fully saturated rings. The minimum atomic E-state index is 0.458. The molecule has 0 amide bonds. The molecule has 0 unspecified atom stereocenters. The number of benzene rings is 1. The summed E-state index contributed by atoms with van der Waals surface area (Å²) in [5.74, 6) is 3.84. The second-order valence-corrected chi connectivity index (χ2v) is 3.97. The number of rotatable bonds is 5. The van der Waals surface area contributed by atoms with Crippen molar-refractivity contribution in [1.82, 2.24) is 0 Å². The molecule has 3 nitrogen and oxygen atoms in total. The fourth-order valence-corrected chi connectivity index (χ4v) is 1.85. The summed E-state index contributed by atoms with van der Waals surface area (Å²) < 4.78 is 11.6. The van der Waals surface area contributed by atoms with Crippen molar-refractivity contribution in [2.24, 2.45) is 5.73 Å². The van der Waals surface area contributed by atoms with Crippen LogP contribution in [0.2, 0.25) is 0 Å². The van der Waals surface area contributed by atoms with Crippen LogP contribution in [-0.2, 0) is 6.54 Å². The SMILES string of the molecule is C#CCCOc1c(Br)cc(CN)cc1OC. The molecule has 0 radical (unpaired) electrons. The molecule has 1 aromatic rings. The largest absolute Gasteiger partial charge is 0.493 e. The van der Waals surface area contributed by atoms with Crippen LogP contribution in [0.25, 0.3) is 0 Å². The maximum atomic E-state index is 5.57. The lowest BCUT2D eigenvalue weighted by atomic mass is 10.2. The number of ether oxygens (including phenoxy) is 2. The Balaban J connectivity index is 2.93. The smallest absolute Gasteiger partial charge is 0.175 e. The van der Waals surface area contributed by atoms with E-state index in [1.807, 2.05) is 12.1 Å². The Hall–Kier alpha value is -1.18. The summed E-state index contributed by atoms with van der Waals surface area (Å²) in [7, 11) is 1.59. The minimum Gasteiger partial charge on any atom is -0.493 e. The average molecular weight is 284 g/mol. The number of nitrogens with two attached hydrogens (primary N) is 1. The van der Waals surface area contributed by atoms with Crippen LogP contribution in [0.5, 0.6) is 11.5 Å². The Morgan fingerprint density at radius 2 is 2.25 bits per heavy atom. The molecule has 0 aromatic heterocycles. The maximum absolute atomic E-state index is 5.57. The summed E-state index contributed by atoms with van der Waals surface area (Å²) in [6, 6.07) is 3.77. The van der Waals surface area contributed by atoms with Crippen molar-refractivity contribution in [3.63, 3.8) is 0 Å². The summed E-state index contributed by atoms with van der Waals surface area (Å²) >= 11 is 3.42. The highest BCUT2D eigenvalue weighted by Gasteiger charge is 2.10. The van der Waals surface area contributed by atoms with Gasteiger partial charge in [-0.25, -0.2) is 0 Å². The van der Waals surface area contributed by atoms with Gasteiger partial charge in [-0.1, -0.05) is 0 Å². The van der Waals surface area contributed by atoms with Gasteiger partial charge in [0.2, 0.25) is 0 Å². The van der Waals surface area contributed by atoms with E-state index in [1.165, 1.54) is 0 Å². The summed E-state index contributed by atoms with van der Waals surface area (Å²) in [6.45, 7) is 0.924. The van der Waals surface area contributed by atoms with Gasteiger partial charge in [-0.3, -0.25) is 0 Å². The van der Waals surface area contributed by atoms with Crippen molar-refractivity contribution >= 4 is 15.9 Å². The predicted octanol–water partition coefficient (Wildman–Crippen LogP) is 2.32. The highest BCUT2D eigenvalue weighted by molar-refractivity contribution is 9.10. The molecule has 0 heterocycles. The van der Waals surface area contributed by atoms with Crippen molar-refractivity contribution in [2.75, 3.05) is 13.7 Å². The number of hydrogen-bond donors (Lipinski definition) is 1. The van der Waals surface area contributed by atoms with Crippen LogP contribution in [0, 0.1) is 12.3 Å². The number of hydrogen-bond acceptors (Lipinski definition) is 3. The van der Waals surface area contributed by atoms with E-state index in [0.717, 1.165) is 10.0 Å². The molecule has 0 aliphatic carbocycles. The predicted molar refractivity (Wildman–Crippen MR) is 67.5 cm³/mol. The standard InChI is InChI=1S/C12H14BrNO2/c1-3-4-5-16-12-10(13)6-9(8-14)7-11(12)15-2/h1,6-7H,4-5,8,14H2,2H3. The normalized spacial score (nSPS) is 9.62. The Morgan fingerprint density at radius 3 is 2.81 bits per heavy atom. The maximum Gasteiger partial charge on any atom is 0.175 e. The molecule has 0 aliphatic heterocycles. The lowest BCUT2D eigenvalue weighted by molar-refractivity contribution is 0.299. The summed E-state index contributed by atoms with van der Waals surface area (Å²) in [5, 5.41) is 0. The third-order valence-electron chi connectivity index (χ3n) is 2.02. The van der Waals surface area contributed by atoms with Crippen molar-refractivity contribution < 1.29 is 9.47 Å². The molecule has 0 saturated carbocycles. The zero-order valence-electron chi connectivity index (χ0n) is 9.13. The lowest BCUT2D eigenvalue weighted by Crippen LogP contribution is -2.02. The molecule has 4 heteroatoms. The van der Waals surface area contributed by atoms with Crippen molar-refractivity contribution in [1.29, 1.82) is 0 Å². The zero-order valence-corrected chi connectivity index (χ0v) is 10.7. The van der Waals surface area contributed by atoms with E-state index < -0.39 is 0 Å². The summed E-state index contributed by atoms with van der Waals surface area (Å²) in [6.07, 6.45) is 5.72. The average Bonchev–Trinajstić information content (AvgIpc) is 2.30. The first kappa shape index (κ1) is 12.9. The molecule has 86 valence electrons. The second-order valence-electron chi connectivity index (χ2n) is 3.12. The third kappa shape index (κ3) is 3.16. The van der Waals surface area contributed by atoms with Gasteiger partial charge in [0.05, 0.1) is 18.2 Å². The van der Waals surface area contributed by atoms with E-state index >= 15 is 0 Å². The molecule has 0 atom stereocenters. The highest BCUT2D eigenvalue weighted by Crippen LogP contribution is 2.36. The Labute approximate surface area is 104 Å². The van der Waals surface area contributed by atoms with Gasteiger partial charge in [0.1, 0.15) is 0 Å². The van der Waals surface area contributed by atoms with Gasteiger partial charge in [-0.15, -0.1) is 12.3 Å². The van der Waals surface area contributed by atoms with Crippen LogP contribution in [-0.4, -0.2) is 13.7 Å². The molecule has 0 aliphatic rings. The Kier molecular flexibility index (Phi) is 5.17. The lowest BCUT2D eigenvalue weighted by Gasteiger charge is -2.13. The van der Waals surface area contributed by atoms with E-state index in [1.54, 1.807) is 7.11 Å². The summed E-state index contributed by atoms with van der Waals surface area (Å²) in [5.41, 5.74) is 6.55. The van der Waals surface area contributed by atoms with Crippen molar-refractivity contribution in [3.8, 4) is 23.8 Å². The first-order valence-corrected chi connectivity index (χ1v) is 5.65. The molecular formula is C12H14BrNO2. The van der Waals surface area contributed by atoms with E-state index in [2.05, 4.69) is 21.9 Å². The number of terminal acetylenes is 1. The first-order valence-electron chi connectivity index (χ1n) is 4.85. The van der Waals surface area contributed by atoms with Crippen LogP contribution in [0.1, 0.15) is 12.0 Å². The van der Waals surface area contributed by atoms with Crippen LogP contribution < -0.4 is 15.2 Å². The van der Waals surface area contributed by atoms with Crippen molar-refractivity contribution in [2.45, 2.75) is 13.0 Å². The second kappa shape index (κ2) is 6.41. The fraction of sp³-hybridized carbons (Fsp3) is 0.333. The van der Waals surface area contributed by atoms with Gasteiger partial charge < -0.3 is 15.2 Å². The molecule has 1 rings (SSSR count). The van der Waals surface area contributed by atoms with Gasteiger partial charge in [0.15, 0.2) is 11.5 Å². The molecule has 1 aromatic carbocycles. The van der Waals surface area contributed by atoms with Crippen LogP contribution in [0.15, 0.2) is 16.6 Å². The highest BCUT2D eigenvalue weighted by atomic mass is 79.9. The van der Waals surface area contributed by atoms with E-state index in [-0.39, 0.29) is 0 Å². The summed E-state index contributed by atoms with van der Waals surface area (Å²) in [4.78, 5) is 0. The van der Waals surface area contributed by atoms with Gasteiger partial charge in [-0.05, 0) is 33.6 Å². The number of halogens is 1. The van der Waals surface area contributed by atoms with Crippen LogP contribution in [0.4, 0.5) is 0 Å². The first-order chi connectivity index (χ1) is 7.72. The Bertz CT molecular complexity index is 399. The van der Waals surface area contributed by atoms with Gasteiger partial charge in [0, 0.05) is 13.0 Å². The Morgan fingerprint density at radius 1 is 1.50 bits per heavy atom. The van der Waals surface area contributed by atoms with Gasteiger partial charge >= 0.3 is 0 Å². The molecular weight excluding hydrogens is 270 g/mol. The molecule has 2 N–H and O–H groups in total. The van der Waals surface area contributed by atoms with E-state index in [9.17, 15) is 0 Å². The van der Waals surface area contributed by atoms with Crippen LogP contribution in [0.3, 0.4) is 0 Å². The molecule has 0 bridgehead atoms. The van der Waals surface area contributed by atoms with Gasteiger partial charge in [-0.2, -0.15) is 0 Å². The molecule has 16 heavy (non-hydrogen) atoms. The molecule has 0 saturated heterocycles. The van der Waals surface area contributed by atoms with E-state index in [4.69, 9.17) is 21.6 Å². The minimum absolute atomic E-state index is 0.458. The third-order valence-corrected chi connectivity index (χ3v) is 2.61. The fourth-order valence-electron chi connectivity index (χ4n) is 1.24. The van der Waals surface area contributed by atoms with Gasteiger partial charge in [0.25, 0.3) is 0 Å². The zero-order chi connectivity index (χ0) is 12.0. The van der Waals surface area contributed by atoms with Crippen molar-refractivity contribution in [3.05, 3.63) is 22.2 Å². The number of methoxy groups -OCH3 is 1.